The molecule has 0 saturated heterocycles. The summed E-state index contributed by atoms with van der Waals surface area (Å²) in [7, 11) is -3.47. The molecule has 1 fully saturated rings. The van der Waals surface area contributed by atoms with Crippen LogP contribution in [-0.4, -0.2) is 17.1 Å². The molecule has 0 spiro atoms. The summed E-state index contributed by atoms with van der Waals surface area (Å²) < 4.78 is 13.7. The van der Waals surface area contributed by atoms with Gasteiger partial charge in [-0.2, -0.15) is 0 Å². The Labute approximate surface area is 125 Å². The third kappa shape index (κ3) is 3.86. The summed E-state index contributed by atoms with van der Waals surface area (Å²) in [6, 6.07) is 10.1. The first-order valence-corrected chi connectivity index (χ1v) is 12.7. The number of hydrogen-bond donors (Lipinski definition) is 0. The molecule has 1 nitrogen and oxygen atoms in total. The molecule has 0 amide bonds. The zero-order chi connectivity index (χ0) is 14.6. The van der Waals surface area contributed by atoms with Gasteiger partial charge in [0.05, 0.1) is 8.07 Å². The van der Waals surface area contributed by atoms with Crippen LogP contribution in [0.25, 0.3) is 0 Å². The van der Waals surface area contributed by atoms with Crippen LogP contribution in [0.5, 0.6) is 0 Å². The van der Waals surface area contributed by atoms with Crippen LogP contribution >= 0.6 is 0 Å². The SMILES string of the molecule is C[Si](C)(C)/C=C/S(=O)(=C1CCCCC1)c1ccccc1. The molecule has 0 bridgehead atoms. The average Bonchev–Trinajstić information content (AvgIpc) is 2.46. The molecule has 1 saturated carbocycles. The molecular formula is C17H26OSSi. The third-order valence-corrected chi connectivity index (χ3v) is 7.86. The van der Waals surface area contributed by atoms with Crippen LogP contribution in [0.2, 0.25) is 19.6 Å². The highest BCUT2D eigenvalue weighted by atomic mass is 32.2. The van der Waals surface area contributed by atoms with Crippen molar-refractivity contribution in [2.24, 2.45) is 0 Å². The van der Waals surface area contributed by atoms with Crippen LogP contribution in [0, 0.1) is 0 Å². The van der Waals surface area contributed by atoms with Crippen molar-refractivity contribution in [3.8, 4) is 0 Å². The van der Waals surface area contributed by atoms with Crippen LogP contribution in [-0.2, 0) is 9.52 Å². The summed E-state index contributed by atoms with van der Waals surface area (Å²) in [6.07, 6.45) is 5.74. The van der Waals surface area contributed by atoms with E-state index in [9.17, 15) is 4.21 Å². The third-order valence-electron chi connectivity index (χ3n) is 3.69. The minimum Gasteiger partial charge on any atom is -0.258 e. The number of hydrogen-bond acceptors (Lipinski definition) is 1. The molecule has 1 aliphatic carbocycles. The Morgan fingerprint density at radius 2 is 1.60 bits per heavy atom. The van der Waals surface area contributed by atoms with Crippen molar-refractivity contribution in [1.82, 2.24) is 0 Å². The maximum absolute atomic E-state index is 13.7. The Kier molecular flexibility index (Phi) is 4.92. The largest absolute Gasteiger partial charge is 0.258 e. The van der Waals surface area contributed by atoms with Gasteiger partial charge in [0.25, 0.3) is 0 Å². The lowest BCUT2D eigenvalue weighted by Crippen LogP contribution is -2.20. The molecule has 1 aromatic carbocycles. The highest BCUT2D eigenvalue weighted by Crippen LogP contribution is 2.24. The minimum atomic E-state index is -2.13. The van der Waals surface area contributed by atoms with E-state index in [1.54, 1.807) is 0 Å². The second kappa shape index (κ2) is 6.31. The second-order valence-corrected chi connectivity index (χ2v) is 14.3. The molecule has 0 heterocycles. The maximum atomic E-state index is 13.7. The summed E-state index contributed by atoms with van der Waals surface area (Å²) in [5, 5.41) is 2.05. The number of rotatable bonds is 3. The molecule has 20 heavy (non-hydrogen) atoms. The van der Waals surface area contributed by atoms with Crippen LogP contribution in [0.3, 0.4) is 0 Å². The fourth-order valence-electron chi connectivity index (χ4n) is 2.51. The van der Waals surface area contributed by atoms with Crippen molar-refractivity contribution in [3.05, 3.63) is 41.4 Å². The lowest BCUT2D eigenvalue weighted by molar-refractivity contribution is 0.665. The lowest BCUT2D eigenvalue weighted by atomic mass is 10.0. The Hall–Kier alpha value is -0.803. The monoisotopic (exact) mass is 306 g/mol. The summed E-state index contributed by atoms with van der Waals surface area (Å²) in [5.41, 5.74) is 2.25. The van der Waals surface area contributed by atoms with Crippen LogP contribution in [0.4, 0.5) is 0 Å². The highest BCUT2D eigenvalue weighted by Gasteiger charge is 2.19. The van der Waals surface area contributed by atoms with Gasteiger partial charge in [0.1, 0.15) is 0 Å². The lowest BCUT2D eigenvalue weighted by Gasteiger charge is -2.20. The van der Waals surface area contributed by atoms with Gasteiger partial charge >= 0.3 is 0 Å². The van der Waals surface area contributed by atoms with E-state index in [2.05, 4.69) is 30.7 Å². The molecular weight excluding hydrogens is 280 g/mol. The molecule has 0 aromatic heterocycles. The van der Waals surface area contributed by atoms with Crippen molar-refractivity contribution in [2.75, 3.05) is 0 Å². The standard InChI is InChI=1S/C17H26OSSi/c1-20(2,3)15-14-19(18,16-10-6-4-7-11-16)17-12-8-5-9-13-17/h4,6-7,10-11,14-15H,5,8-9,12-13H2,1-3H3/b15-14+. The maximum Gasteiger partial charge on any atom is 0.0694 e. The molecule has 3 heteroatoms. The first kappa shape index (κ1) is 15.6. The first-order chi connectivity index (χ1) is 9.42. The van der Waals surface area contributed by atoms with E-state index < -0.39 is 17.6 Å². The van der Waals surface area contributed by atoms with Gasteiger partial charge in [0, 0.05) is 14.4 Å². The van der Waals surface area contributed by atoms with Crippen molar-refractivity contribution in [1.29, 1.82) is 0 Å². The van der Waals surface area contributed by atoms with Crippen molar-refractivity contribution in [3.63, 3.8) is 0 Å². The van der Waals surface area contributed by atoms with Gasteiger partial charge in [-0.15, -0.1) is 0 Å². The molecule has 1 aliphatic rings. The van der Waals surface area contributed by atoms with Gasteiger partial charge in [0.15, 0.2) is 0 Å². The fourth-order valence-corrected chi connectivity index (χ4v) is 7.05. The predicted molar refractivity (Wildman–Crippen MR) is 93.4 cm³/mol. The minimum absolute atomic E-state index is 0.992. The first-order valence-electron chi connectivity index (χ1n) is 7.55. The van der Waals surface area contributed by atoms with Gasteiger partial charge in [-0.3, -0.25) is 4.21 Å². The van der Waals surface area contributed by atoms with Gasteiger partial charge in [-0.25, -0.2) is 0 Å². The van der Waals surface area contributed by atoms with Crippen molar-refractivity contribution in [2.45, 2.75) is 56.6 Å². The van der Waals surface area contributed by atoms with Crippen LogP contribution in [0.15, 0.2) is 46.3 Å². The van der Waals surface area contributed by atoms with E-state index in [0.717, 1.165) is 17.7 Å². The van der Waals surface area contributed by atoms with Crippen LogP contribution in [0.1, 0.15) is 32.1 Å². The molecule has 1 atom stereocenters. The molecule has 2 rings (SSSR count). The van der Waals surface area contributed by atoms with Gasteiger partial charge < -0.3 is 0 Å². The summed E-state index contributed by atoms with van der Waals surface area (Å²) in [6.45, 7) is 6.87. The predicted octanol–water partition coefficient (Wildman–Crippen LogP) is 4.86. The van der Waals surface area contributed by atoms with E-state index >= 15 is 0 Å². The molecule has 1 aromatic rings. The summed E-state index contributed by atoms with van der Waals surface area (Å²) >= 11 is 0. The topological polar surface area (TPSA) is 17.1 Å². The Morgan fingerprint density at radius 3 is 2.15 bits per heavy atom. The zero-order valence-electron chi connectivity index (χ0n) is 12.9. The molecule has 0 radical (unpaired) electrons. The quantitative estimate of drug-likeness (QED) is 0.576. The van der Waals surface area contributed by atoms with Crippen LogP contribution < -0.4 is 0 Å². The normalized spacial score (nSPS) is 20.1. The number of benzene rings is 1. The molecule has 0 aliphatic heterocycles. The molecule has 1 unspecified atom stereocenters. The van der Waals surface area contributed by atoms with E-state index in [1.165, 1.54) is 24.1 Å². The molecule has 0 N–H and O–H groups in total. The van der Waals surface area contributed by atoms with E-state index in [-0.39, 0.29) is 0 Å². The van der Waals surface area contributed by atoms with Gasteiger partial charge in [0.2, 0.25) is 0 Å². The van der Waals surface area contributed by atoms with E-state index in [0.29, 0.717) is 0 Å². The Balaban J connectivity index is 2.55. The smallest absolute Gasteiger partial charge is 0.0694 e. The zero-order valence-corrected chi connectivity index (χ0v) is 14.7. The summed E-state index contributed by atoms with van der Waals surface area (Å²) in [4.78, 5) is 2.26. The summed E-state index contributed by atoms with van der Waals surface area (Å²) in [5.74, 6) is 0. The van der Waals surface area contributed by atoms with Gasteiger partial charge in [-0.1, -0.05) is 50.0 Å². The van der Waals surface area contributed by atoms with Gasteiger partial charge in [-0.05, 0) is 48.1 Å². The van der Waals surface area contributed by atoms with E-state index in [4.69, 9.17) is 0 Å². The molecule has 110 valence electrons. The van der Waals surface area contributed by atoms with Crippen molar-refractivity contribution >= 4 is 22.5 Å². The van der Waals surface area contributed by atoms with E-state index in [1.807, 2.05) is 30.3 Å². The Bertz CT molecular complexity index is 579. The second-order valence-electron chi connectivity index (χ2n) is 6.68. The Morgan fingerprint density at radius 1 is 1.00 bits per heavy atom. The fraction of sp³-hybridized carbons (Fsp3) is 0.471. The van der Waals surface area contributed by atoms with Crippen molar-refractivity contribution < 1.29 is 4.21 Å². The highest BCUT2D eigenvalue weighted by molar-refractivity contribution is 8.05. The average molecular weight is 307 g/mol.